The van der Waals surface area contributed by atoms with E-state index in [0.717, 1.165) is 19.6 Å². The van der Waals surface area contributed by atoms with Gasteiger partial charge in [0.15, 0.2) is 0 Å². The molecule has 0 saturated carbocycles. The van der Waals surface area contributed by atoms with Gasteiger partial charge in [-0.05, 0) is 19.4 Å². The number of carbonyl (C=O) groups is 1. The van der Waals surface area contributed by atoms with Gasteiger partial charge in [0, 0.05) is 32.6 Å². The van der Waals surface area contributed by atoms with Crippen LogP contribution in [0.3, 0.4) is 0 Å². The van der Waals surface area contributed by atoms with Gasteiger partial charge in [-0.15, -0.1) is 0 Å². The van der Waals surface area contributed by atoms with E-state index >= 15 is 0 Å². The van der Waals surface area contributed by atoms with Gasteiger partial charge in [-0.3, -0.25) is 9.69 Å². The van der Waals surface area contributed by atoms with Crippen LogP contribution in [0.4, 0.5) is 0 Å². The van der Waals surface area contributed by atoms with Crippen molar-refractivity contribution in [3.05, 3.63) is 0 Å². The number of amides is 1. The molecule has 1 fully saturated rings. The number of rotatable bonds is 4. The van der Waals surface area contributed by atoms with Crippen LogP contribution in [0, 0.1) is 0 Å². The maximum atomic E-state index is 10.8. The lowest BCUT2D eigenvalue weighted by atomic mass is 10.0. The Hall–Kier alpha value is -0.610. The zero-order chi connectivity index (χ0) is 10.4. The maximum absolute atomic E-state index is 10.8. The van der Waals surface area contributed by atoms with Crippen LogP contribution in [0.2, 0.25) is 0 Å². The molecule has 1 rings (SSSR count). The number of hydrogen-bond donors (Lipinski definition) is 2. The highest BCUT2D eigenvalue weighted by Crippen LogP contribution is 2.15. The monoisotopic (exact) mass is 199 g/mol. The van der Waals surface area contributed by atoms with Crippen LogP contribution in [0.1, 0.15) is 26.2 Å². The van der Waals surface area contributed by atoms with Gasteiger partial charge in [0.05, 0.1) is 0 Å². The maximum Gasteiger partial charge on any atom is 0.216 e. The molecule has 0 radical (unpaired) electrons. The second-order valence-corrected chi connectivity index (χ2v) is 3.91. The van der Waals surface area contributed by atoms with Crippen LogP contribution in [0.15, 0.2) is 0 Å². The average molecular weight is 199 g/mol. The smallest absolute Gasteiger partial charge is 0.216 e. The summed E-state index contributed by atoms with van der Waals surface area (Å²) >= 11 is 0. The first-order valence-corrected chi connectivity index (χ1v) is 5.42. The summed E-state index contributed by atoms with van der Waals surface area (Å²) in [6.45, 7) is 5.12. The molecule has 1 atom stereocenters. The van der Waals surface area contributed by atoms with E-state index in [1.165, 1.54) is 19.3 Å². The van der Waals surface area contributed by atoms with Crippen molar-refractivity contribution in [2.45, 2.75) is 32.2 Å². The van der Waals surface area contributed by atoms with Gasteiger partial charge >= 0.3 is 0 Å². The summed E-state index contributed by atoms with van der Waals surface area (Å²) in [5.41, 5.74) is 5.55. The van der Waals surface area contributed by atoms with Crippen LogP contribution in [0.5, 0.6) is 0 Å². The van der Waals surface area contributed by atoms with Gasteiger partial charge in [-0.1, -0.05) is 6.42 Å². The van der Waals surface area contributed by atoms with Gasteiger partial charge in [0.25, 0.3) is 0 Å². The Bertz CT molecular complexity index is 182. The van der Waals surface area contributed by atoms with Crippen molar-refractivity contribution in [1.29, 1.82) is 0 Å². The van der Waals surface area contributed by atoms with E-state index in [1.54, 1.807) is 6.92 Å². The van der Waals surface area contributed by atoms with Crippen molar-refractivity contribution in [3.63, 3.8) is 0 Å². The van der Waals surface area contributed by atoms with Crippen molar-refractivity contribution >= 4 is 5.91 Å². The molecule has 14 heavy (non-hydrogen) atoms. The van der Waals surface area contributed by atoms with E-state index in [9.17, 15) is 4.79 Å². The van der Waals surface area contributed by atoms with Crippen LogP contribution >= 0.6 is 0 Å². The van der Waals surface area contributed by atoms with Crippen LogP contribution < -0.4 is 11.1 Å². The lowest BCUT2D eigenvalue weighted by Gasteiger charge is -2.35. The number of likely N-dealkylation sites (tertiary alicyclic amines) is 1. The standard InChI is InChI=1S/C10H21N3O/c1-9(14)12-8-10-4-2-3-6-13(10)7-5-11/h10H,2-8,11H2,1H3,(H,12,14)/t10-/m0/s1. The molecule has 4 nitrogen and oxygen atoms in total. The molecule has 0 aromatic heterocycles. The summed E-state index contributed by atoms with van der Waals surface area (Å²) in [7, 11) is 0. The van der Waals surface area contributed by atoms with E-state index in [4.69, 9.17) is 5.73 Å². The predicted octanol–water partition coefficient (Wildman–Crippen LogP) is -0.0643. The second kappa shape index (κ2) is 5.98. The van der Waals surface area contributed by atoms with Gasteiger partial charge in [0.2, 0.25) is 5.91 Å². The van der Waals surface area contributed by atoms with E-state index in [2.05, 4.69) is 10.2 Å². The zero-order valence-electron chi connectivity index (χ0n) is 8.96. The third kappa shape index (κ3) is 3.64. The van der Waals surface area contributed by atoms with Gasteiger partial charge in [-0.2, -0.15) is 0 Å². The summed E-state index contributed by atoms with van der Waals surface area (Å²) in [5.74, 6) is 0.0586. The molecule has 1 heterocycles. The minimum absolute atomic E-state index is 0.0586. The van der Waals surface area contributed by atoms with Crippen molar-refractivity contribution in [3.8, 4) is 0 Å². The van der Waals surface area contributed by atoms with E-state index in [0.29, 0.717) is 12.6 Å². The third-order valence-electron chi connectivity index (χ3n) is 2.75. The fourth-order valence-corrected chi connectivity index (χ4v) is 2.01. The Balaban J connectivity index is 2.33. The number of hydrogen-bond acceptors (Lipinski definition) is 3. The fraction of sp³-hybridized carbons (Fsp3) is 0.900. The largest absolute Gasteiger partial charge is 0.355 e. The molecule has 0 aliphatic carbocycles. The first kappa shape index (κ1) is 11.5. The Labute approximate surface area is 85.8 Å². The Morgan fingerprint density at radius 2 is 2.36 bits per heavy atom. The van der Waals surface area contributed by atoms with Gasteiger partial charge in [0.1, 0.15) is 0 Å². The zero-order valence-corrected chi connectivity index (χ0v) is 8.96. The molecule has 3 N–H and O–H groups in total. The second-order valence-electron chi connectivity index (χ2n) is 3.91. The highest BCUT2D eigenvalue weighted by atomic mass is 16.1. The summed E-state index contributed by atoms with van der Waals surface area (Å²) in [6, 6.07) is 0.496. The third-order valence-corrected chi connectivity index (χ3v) is 2.75. The molecule has 0 unspecified atom stereocenters. The Kier molecular flexibility index (Phi) is 4.90. The molecule has 1 saturated heterocycles. The first-order chi connectivity index (χ1) is 6.74. The number of nitrogens with two attached hydrogens (primary N) is 1. The molecule has 0 bridgehead atoms. The van der Waals surface area contributed by atoms with Crippen molar-refractivity contribution in [1.82, 2.24) is 10.2 Å². The molecular formula is C10H21N3O. The van der Waals surface area contributed by atoms with Crippen LogP contribution in [0.25, 0.3) is 0 Å². The van der Waals surface area contributed by atoms with Gasteiger partial charge < -0.3 is 11.1 Å². The van der Waals surface area contributed by atoms with Crippen molar-refractivity contribution in [2.24, 2.45) is 5.73 Å². The van der Waals surface area contributed by atoms with Crippen LogP contribution in [-0.2, 0) is 4.79 Å². The molecule has 0 aromatic rings. The molecule has 0 spiro atoms. The summed E-state index contributed by atoms with van der Waals surface area (Å²) in [5, 5.41) is 2.88. The van der Waals surface area contributed by atoms with E-state index in [-0.39, 0.29) is 5.91 Å². The highest BCUT2D eigenvalue weighted by molar-refractivity contribution is 5.72. The predicted molar refractivity (Wildman–Crippen MR) is 57.0 cm³/mol. The first-order valence-electron chi connectivity index (χ1n) is 5.42. The SMILES string of the molecule is CC(=O)NC[C@@H]1CCCCN1CCN. The van der Waals surface area contributed by atoms with E-state index < -0.39 is 0 Å². The van der Waals surface area contributed by atoms with Crippen molar-refractivity contribution < 1.29 is 4.79 Å². The van der Waals surface area contributed by atoms with E-state index in [1.807, 2.05) is 0 Å². The lowest BCUT2D eigenvalue weighted by molar-refractivity contribution is -0.119. The highest BCUT2D eigenvalue weighted by Gasteiger charge is 2.21. The van der Waals surface area contributed by atoms with Crippen LogP contribution in [-0.4, -0.2) is 43.0 Å². The summed E-state index contributed by atoms with van der Waals surface area (Å²) < 4.78 is 0. The Morgan fingerprint density at radius 3 is 3.00 bits per heavy atom. The molecule has 1 aliphatic rings. The Morgan fingerprint density at radius 1 is 1.57 bits per heavy atom. The molecular weight excluding hydrogens is 178 g/mol. The normalized spacial score (nSPS) is 23.4. The molecule has 1 amide bonds. The molecule has 4 heteroatoms. The number of carbonyl (C=O) groups excluding carboxylic acids is 1. The molecule has 0 aromatic carbocycles. The lowest BCUT2D eigenvalue weighted by Crippen LogP contribution is -2.47. The number of piperidine rings is 1. The van der Waals surface area contributed by atoms with Crippen molar-refractivity contribution in [2.75, 3.05) is 26.2 Å². The van der Waals surface area contributed by atoms with Gasteiger partial charge in [-0.25, -0.2) is 0 Å². The minimum atomic E-state index is 0.0586. The summed E-state index contributed by atoms with van der Waals surface area (Å²) in [4.78, 5) is 13.2. The fourth-order valence-electron chi connectivity index (χ4n) is 2.01. The molecule has 1 aliphatic heterocycles. The summed E-state index contributed by atoms with van der Waals surface area (Å²) in [6.07, 6.45) is 3.71. The minimum Gasteiger partial charge on any atom is -0.355 e. The molecule has 82 valence electrons. The number of nitrogens with zero attached hydrogens (tertiary/aromatic N) is 1. The number of nitrogens with one attached hydrogen (secondary N) is 1. The average Bonchev–Trinajstić information content (AvgIpc) is 2.17. The quantitative estimate of drug-likeness (QED) is 0.666. The topological polar surface area (TPSA) is 58.4 Å².